The van der Waals surface area contributed by atoms with E-state index in [0.29, 0.717) is 22.9 Å². The van der Waals surface area contributed by atoms with Gasteiger partial charge in [0.2, 0.25) is 0 Å². The zero-order valence-electron chi connectivity index (χ0n) is 15.5. The molecule has 9 heteroatoms. The van der Waals surface area contributed by atoms with Crippen LogP contribution in [-0.2, 0) is 4.74 Å². The molecule has 1 aromatic heterocycles. The van der Waals surface area contributed by atoms with Gasteiger partial charge in [0.1, 0.15) is 0 Å². The number of amides is 1. The SMILES string of the molecule is CCCCOC(=O)c1ccc2nc(NC(=S)NC(=O)c3cccc(I)c3)sc2c1. The van der Waals surface area contributed by atoms with E-state index in [0.717, 1.165) is 26.6 Å². The lowest BCUT2D eigenvalue weighted by molar-refractivity contribution is 0.0500. The first-order valence-electron chi connectivity index (χ1n) is 8.92. The highest BCUT2D eigenvalue weighted by Gasteiger charge is 2.13. The van der Waals surface area contributed by atoms with Gasteiger partial charge < -0.3 is 10.1 Å². The molecule has 1 amide bonds. The molecule has 0 bridgehead atoms. The highest BCUT2D eigenvalue weighted by atomic mass is 127. The molecule has 3 aromatic rings. The maximum Gasteiger partial charge on any atom is 0.338 e. The third-order valence-corrected chi connectivity index (χ3v) is 5.70. The summed E-state index contributed by atoms with van der Waals surface area (Å²) >= 11 is 8.71. The third-order valence-electron chi connectivity index (χ3n) is 3.89. The topological polar surface area (TPSA) is 80.3 Å². The number of hydrogen-bond donors (Lipinski definition) is 2. The summed E-state index contributed by atoms with van der Waals surface area (Å²) in [6.07, 6.45) is 1.81. The lowest BCUT2D eigenvalue weighted by Crippen LogP contribution is -2.34. The first kappa shape index (κ1) is 21.6. The van der Waals surface area contributed by atoms with Crippen LogP contribution in [0.15, 0.2) is 42.5 Å². The molecular formula is C20H18IN3O3S2. The normalized spacial score (nSPS) is 10.6. The molecule has 2 N–H and O–H groups in total. The predicted molar refractivity (Wildman–Crippen MR) is 128 cm³/mol. The van der Waals surface area contributed by atoms with E-state index in [1.165, 1.54) is 11.3 Å². The van der Waals surface area contributed by atoms with Crippen LogP contribution >= 0.6 is 46.1 Å². The highest BCUT2D eigenvalue weighted by Crippen LogP contribution is 2.27. The zero-order valence-corrected chi connectivity index (χ0v) is 19.3. The van der Waals surface area contributed by atoms with Crippen LogP contribution in [0.3, 0.4) is 0 Å². The fourth-order valence-corrected chi connectivity index (χ4v) is 4.14. The smallest absolute Gasteiger partial charge is 0.338 e. The number of ether oxygens (including phenoxy) is 1. The molecule has 0 aliphatic carbocycles. The van der Waals surface area contributed by atoms with Crippen LogP contribution in [0.5, 0.6) is 0 Å². The summed E-state index contributed by atoms with van der Waals surface area (Å²) in [5.74, 6) is -0.636. The van der Waals surface area contributed by atoms with Gasteiger partial charge in [0.15, 0.2) is 10.2 Å². The predicted octanol–water partition coefficient (Wildman–Crippen LogP) is 4.98. The fraction of sp³-hybridized carbons (Fsp3) is 0.200. The quantitative estimate of drug-likeness (QED) is 0.199. The van der Waals surface area contributed by atoms with Gasteiger partial charge in [-0.15, -0.1) is 0 Å². The minimum Gasteiger partial charge on any atom is -0.462 e. The zero-order chi connectivity index (χ0) is 20.8. The van der Waals surface area contributed by atoms with Gasteiger partial charge in [-0.05, 0) is 77.6 Å². The molecule has 1 heterocycles. The average Bonchev–Trinajstić information content (AvgIpc) is 3.09. The molecular weight excluding hydrogens is 521 g/mol. The molecule has 0 radical (unpaired) electrons. The van der Waals surface area contributed by atoms with Crippen LogP contribution in [0, 0.1) is 3.57 Å². The van der Waals surface area contributed by atoms with E-state index in [-0.39, 0.29) is 17.0 Å². The van der Waals surface area contributed by atoms with Crippen molar-refractivity contribution in [2.24, 2.45) is 0 Å². The molecule has 0 saturated carbocycles. The Morgan fingerprint density at radius 3 is 2.79 bits per heavy atom. The maximum atomic E-state index is 12.3. The largest absolute Gasteiger partial charge is 0.462 e. The van der Waals surface area contributed by atoms with E-state index in [4.69, 9.17) is 17.0 Å². The molecule has 29 heavy (non-hydrogen) atoms. The number of nitrogens with one attached hydrogen (secondary N) is 2. The van der Waals surface area contributed by atoms with Crippen molar-refractivity contribution >= 4 is 78.5 Å². The van der Waals surface area contributed by atoms with Gasteiger partial charge in [-0.25, -0.2) is 9.78 Å². The molecule has 2 aromatic carbocycles. The molecule has 6 nitrogen and oxygen atoms in total. The molecule has 150 valence electrons. The van der Waals surface area contributed by atoms with Gasteiger partial charge in [0, 0.05) is 9.13 Å². The van der Waals surface area contributed by atoms with Crippen molar-refractivity contribution in [3.05, 3.63) is 57.2 Å². The number of carbonyl (C=O) groups excluding carboxylic acids is 2. The number of esters is 1. The van der Waals surface area contributed by atoms with Gasteiger partial charge in [-0.3, -0.25) is 10.1 Å². The van der Waals surface area contributed by atoms with Gasteiger partial charge in [-0.2, -0.15) is 0 Å². The molecule has 0 saturated heterocycles. The second kappa shape index (κ2) is 10.1. The van der Waals surface area contributed by atoms with Gasteiger partial charge in [0.05, 0.1) is 22.4 Å². The van der Waals surface area contributed by atoms with Crippen LogP contribution in [0.2, 0.25) is 0 Å². The number of unbranched alkanes of at least 4 members (excludes halogenated alkanes) is 1. The van der Waals surface area contributed by atoms with Crippen molar-refractivity contribution < 1.29 is 14.3 Å². The molecule has 0 spiro atoms. The second-order valence-electron chi connectivity index (χ2n) is 6.11. The number of benzene rings is 2. The Hall–Kier alpha value is -2.11. The summed E-state index contributed by atoms with van der Waals surface area (Å²) in [6.45, 7) is 2.45. The van der Waals surface area contributed by atoms with Crippen LogP contribution in [-0.4, -0.2) is 28.6 Å². The second-order valence-corrected chi connectivity index (χ2v) is 8.79. The third kappa shape index (κ3) is 5.94. The Bertz CT molecular complexity index is 1070. The Morgan fingerprint density at radius 1 is 1.21 bits per heavy atom. The minimum absolute atomic E-state index is 0.159. The standard InChI is InChI=1S/C20H18IN3O3S2/c1-2-3-9-27-18(26)13-7-8-15-16(11-13)29-20(22-15)24-19(28)23-17(25)12-5-4-6-14(21)10-12/h4-8,10-11H,2-3,9H2,1H3,(H2,22,23,24,25,28). The first-order valence-corrected chi connectivity index (χ1v) is 11.2. The van der Waals surface area contributed by atoms with E-state index in [2.05, 4.69) is 38.2 Å². The number of aromatic nitrogens is 1. The maximum absolute atomic E-state index is 12.3. The summed E-state index contributed by atoms with van der Waals surface area (Å²) in [5.41, 5.74) is 1.74. The molecule has 0 aliphatic rings. The monoisotopic (exact) mass is 539 g/mol. The number of anilines is 1. The van der Waals surface area contributed by atoms with Gasteiger partial charge >= 0.3 is 5.97 Å². The summed E-state index contributed by atoms with van der Waals surface area (Å²) < 4.78 is 7.03. The molecule has 0 fully saturated rings. The Kier molecular flexibility index (Phi) is 7.51. The van der Waals surface area contributed by atoms with E-state index in [1.807, 2.05) is 19.1 Å². The summed E-state index contributed by atoms with van der Waals surface area (Å²) in [7, 11) is 0. The van der Waals surface area contributed by atoms with Crippen molar-refractivity contribution in [3.63, 3.8) is 0 Å². The Labute approximate surface area is 191 Å². The number of carbonyl (C=O) groups is 2. The Morgan fingerprint density at radius 2 is 2.03 bits per heavy atom. The number of thiocarbonyl (C=S) groups is 1. The Balaban J connectivity index is 1.65. The number of rotatable bonds is 6. The van der Waals surface area contributed by atoms with Crippen molar-refractivity contribution in [1.29, 1.82) is 0 Å². The number of nitrogens with zero attached hydrogens (tertiary/aromatic N) is 1. The van der Waals surface area contributed by atoms with E-state index < -0.39 is 0 Å². The minimum atomic E-state index is -0.344. The molecule has 0 atom stereocenters. The lowest BCUT2D eigenvalue weighted by Gasteiger charge is -2.07. The summed E-state index contributed by atoms with van der Waals surface area (Å²) in [5, 5.41) is 6.26. The highest BCUT2D eigenvalue weighted by molar-refractivity contribution is 14.1. The number of halogens is 1. The first-order chi connectivity index (χ1) is 14.0. The van der Waals surface area contributed by atoms with Gasteiger partial charge in [-0.1, -0.05) is 30.7 Å². The van der Waals surface area contributed by atoms with E-state index in [1.54, 1.807) is 30.3 Å². The van der Waals surface area contributed by atoms with Crippen molar-refractivity contribution in [3.8, 4) is 0 Å². The summed E-state index contributed by atoms with van der Waals surface area (Å²) in [4.78, 5) is 28.8. The van der Waals surface area contributed by atoms with Crippen LogP contribution < -0.4 is 10.6 Å². The van der Waals surface area contributed by atoms with Crippen molar-refractivity contribution in [2.45, 2.75) is 19.8 Å². The fourth-order valence-electron chi connectivity index (χ4n) is 2.43. The van der Waals surface area contributed by atoms with Crippen LogP contribution in [0.4, 0.5) is 5.13 Å². The molecule has 0 aliphatic heterocycles. The number of hydrogen-bond acceptors (Lipinski definition) is 6. The number of thiazole rings is 1. The van der Waals surface area contributed by atoms with Crippen molar-refractivity contribution in [2.75, 3.05) is 11.9 Å². The molecule has 3 rings (SSSR count). The van der Waals surface area contributed by atoms with Crippen LogP contribution in [0.1, 0.15) is 40.5 Å². The summed E-state index contributed by atoms with van der Waals surface area (Å²) in [6, 6.07) is 12.4. The van der Waals surface area contributed by atoms with Crippen molar-refractivity contribution in [1.82, 2.24) is 10.3 Å². The van der Waals surface area contributed by atoms with E-state index in [9.17, 15) is 9.59 Å². The van der Waals surface area contributed by atoms with Gasteiger partial charge in [0.25, 0.3) is 5.91 Å². The molecule has 0 unspecified atom stereocenters. The van der Waals surface area contributed by atoms with E-state index >= 15 is 0 Å². The number of fused-ring (bicyclic) bond motifs is 1. The lowest BCUT2D eigenvalue weighted by atomic mass is 10.2. The average molecular weight is 539 g/mol. The van der Waals surface area contributed by atoms with Crippen LogP contribution in [0.25, 0.3) is 10.2 Å².